The molecule has 6 nitrogen and oxygen atoms in total. The van der Waals surface area contributed by atoms with Crippen molar-refractivity contribution in [2.75, 3.05) is 10.6 Å². The van der Waals surface area contributed by atoms with Crippen molar-refractivity contribution in [1.29, 1.82) is 0 Å². The van der Waals surface area contributed by atoms with E-state index in [2.05, 4.69) is 20.7 Å². The molecule has 22 heavy (non-hydrogen) atoms. The summed E-state index contributed by atoms with van der Waals surface area (Å²) in [4.78, 5) is 15.9. The Morgan fingerprint density at radius 2 is 2.09 bits per heavy atom. The van der Waals surface area contributed by atoms with Crippen LogP contribution in [-0.4, -0.2) is 20.8 Å². The molecule has 0 saturated heterocycles. The number of rotatable bonds is 2. The van der Waals surface area contributed by atoms with Crippen LogP contribution in [0.4, 0.5) is 16.2 Å². The van der Waals surface area contributed by atoms with E-state index < -0.39 is 0 Å². The second-order valence-corrected chi connectivity index (χ2v) is 5.22. The van der Waals surface area contributed by atoms with Crippen LogP contribution in [0.25, 0.3) is 10.9 Å². The molecule has 0 bridgehead atoms. The Kier molecular flexibility index (Phi) is 3.68. The molecule has 0 aliphatic carbocycles. The largest absolute Gasteiger partial charge is 0.323 e. The number of aryl methyl sites for hydroxylation is 2. The quantitative estimate of drug-likeness (QED) is 0.710. The van der Waals surface area contributed by atoms with E-state index in [1.54, 1.807) is 18.3 Å². The van der Waals surface area contributed by atoms with Gasteiger partial charge in [0.05, 0.1) is 11.2 Å². The zero-order chi connectivity index (χ0) is 15.7. The minimum Gasteiger partial charge on any atom is -0.308 e. The number of nitrogens with zero attached hydrogens (tertiary/aromatic N) is 3. The third-order valence-electron chi connectivity index (χ3n) is 3.40. The summed E-state index contributed by atoms with van der Waals surface area (Å²) in [6.07, 6.45) is 1.56. The van der Waals surface area contributed by atoms with Crippen LogP contribution in [0.5, 0.6) is 0 Å². The van der Waals surface area contributed by atoms with E-state index in [1.807, 2.05) is 36.9 Å². The van der Waals surface area contributed by atoms with Crippen molar-refractivity contribution in [3.05, 3.63) is 47.4 Å². The van der Waals surface area contributed by atoms with Gasteiger partial charge in [-0.3, -0.25) is 4.68 Å². The first-order valence-electron chi connectivity index (χ1n) is 6.66. The number of benzene rings is 1. The lowest BCUT2D eigenvalue weighted by Gasteiger charge is -2.08. The highest BCUT2D eigenvalue weighted by Crippen LogP contribution is 2.22. The topological polar surface area (TPSA) is 71.8 Å². The summed E-state index contributed by atoms with van der Waals surface area (Å²) in [7, 11) is 1.89. The van der Waals surface area contributed by atoms with Gasteiger partial charge in [0.15, 0.2) is 5.15 Å². The fraction of sp³-hybridized carbons (Fsp3) is 0.133. The maximum absolute atomic E-state index is 12.0. The number of pyridine rings is 1. The Balaban J connectivity index is 1.78. The molecule has 0 saturated carbocycles. The first kappa shape index (κ1) is 14.3. The summed E-state index contributed by atoms with van der Waals surface area (Å²) in [5.41, 5.74) is 3.02. The third kappa shape index (κ3) is 2.73. The molecule has 2 aromatic heterocycles. The predicted molar refractivity (Wildman–Crippen MR) is 87.3 cm³/mol. The van der Waals surface area contributed by atoms with Crippen LogP contribution in [0.1, 0.15) is 5.69 Å². The number of anilines is 2. The Labute approximate surface area is 132 Å². The van der Waals surface area contributed by atoms with Crippen LogP contribution >= 0.6 is 11.6 Å². The average molecular weight is 316 g/mol. The highest BCUT2D eigenvalue weighted by Gasteiger charge is 2.09. The van der Waals surface area contributed by atoms with Gasteiger partial charge in [-0.25, -0.2) is 9.78 Å². The molecule has 0 spiro atoms. The molecule has 112 valence electrons. The summed E-state index contributed by atoms with van der Waals surface area (Å²) in [6, 6.07) is 8.59. The zero-order valence-corrected chi connectivity index (χ0v) is 12.8. The number of urea groups is 1. The Bertz CT molecular complexity index is 858. The van der Waals surface area contributed by atoms with E-state index in [0.29, 0.717) is 11.4 Å². The summed E-state index contributed by atoms with van der Waals surface area (Å²) >= 11 is 5.90. The van der Waals surface area contributed by atoms with Crippen LogP contribution in [0.15, 0.2) is 36.5 Å². The van der Waals surface area contributed by atoms with Crippen molar-refractivity contribution in [2.24, 2.45) is 7.05 Å². The highest BCUT2D eigenvalue weighted by molar-refractivity contribution is 6.32. The monoisotopic (exact) mass is 315 g/mol. The van der Waals surface area contributed by atoms with Gasteiger partial charge in [0.1, 0.15) is 0 Å². The second-order valence-electron chi connectivity index (χ2n) is 4.86. The maximum atomic E-state index is 12.0. The van der Waals surface area contributed by atoms with E-state index in [-0.39, 0.29) is 11.2 Å². The lowest BCUT2D eigenvalue weighted by atomic mass is 10.2. The number of aromatic nitrogens is 3. The van der Waals surface area contributed by atoms with Gasteiger partial charge in [-0.1, -0.05) is 11.6 Å². The summed E-state index contributed by atoms with van der Waals surface area (Å²) in [5, 5.41) is 11.1. The molecule has 0 fully saturated rings. The number of halogens is 1. The molecule has 3 rings (SSSR count). The van der Waals surface area contributed by atoms with Gasteiger partial charge in [0.25, 0.3) is 0 Å². The normalized spacial score (nSPS) is 10.7. The summed E-state index contributed by atoms with van der Waals surface area (Å²) in [5.74, 6) is 0. The maximum Gasteiger partial charge on any atom is 0.323 e. The zero-order valence-electron chi connectivity index (χ0n) is 12.1. The first-order valence-corrected chi connectivity index (χ1v) is 7.04. The molecule has 3 aromatic rings. The van der Waals surface area contributed by atoms with E-state index in [0.717, 1.165) is 16.6 Å². The van der Waals surface area contributed by atoms with Gasteiger partial charge < -0.3 is 10.6 Å². The number of fused-ring (bicyclic) bond motifs is 1. The molecule has 2 amide bonds. The smallest absolute Gasteiger partial charge is 0.308 e. The van der Waals surface area contributed by atoms with Crippen LogP contribution in [0, 0.1) is 6.92 Å². The molecule has 0 radical (unpaired) electrons. The molecule has 0 aliphatic heterocycles. The second kappa shape index (κ2) is 5.65. The van der Waals surface area contributed by atoms with Gasteiger partial charge in [-0.15, -0.1) is 0 Å². The molecular weight excluding hydrogens is 302 g/mol. The number of amides is 2. The van der Waals surface area contributed by atoms with Crippen LogP contribution in [0.3, 0.4) is 0 Å². The average Bonchev–Trinajstić information content (AvgIpc) is 2.76. The standard InChI is InChI=1S/C15H14ClN5O/c1-9-11-6-5-10(8-13(11)20-21(9)2)18-15(22)19-12-4-3-7-17-14(12)16/h3-8H,1-2H3,(H2,18,19,22). The van der Waals surface area contributed by atoms with Gasteiger partial charge >= 0.3 is 6.03 Å². The Morgan fingerprint density at radius 3 is 2.86 bits per heavy atom. The van der Waals surface area contributed by atoms with E-state index in [4.69, 9.17) is 11.6 Å². The van der Waals surface area contributed by atoms with E-state index in [1.165, 1.54) is 0 Å². The highest BCUT2D eigenvalue weighted by atomic mass is 35.5. The van der Waals surface area contributed by atoms with Crippen molar-refractivity contribution < 1.29 is 4.79 Å². The van der Waals surface area contributed by atoms with Gasteiger partial charge in [-0.05, 0) is 37.3 Å². The van der Waals surface area contributed by atoms with Crippen molar-refractivity contribution in [1.82, 2.24) is 14.8 Å². The lowest BCUT2D eigenvalue weighted by Crippen LogP contribution is -2.19. The number of nitrogens with one attached hydrogen (secondary N) is 2. The molecule has 7 heteroatoms. The van der Waals surface area contributed by atoms with Crippen LogP contribution in [0.2, 0.25) is 5.15 Å². The number of carbonyl (C=O) groups is 1. The van der Waals surface area contributed by atoms with Crippen LogP contribution < -0.4 is 10.6 Å². The molecule has 0 atom stereocenters. The van der Waals surface area contributed by atoms with Gasteiger partial charge in [0.2, 0.25) is 0 Å². The predicted octanol–water partition coefficient (Wildman–Crippen LogP) is 3.57. The van der Waals surface area contributed by atoms with Crippen LogP contribution in [-0.2, 0) is 7.05 Å². The van der Waals surface area contributed by atoms with Crippen molar-refractivity contribution in [2.45, 2.75) is 6.92 Å². The minimum absolute atomic E-state index is 0.244. The summed E-state index contributed by atoms with van der Waals surface area (Å²) in [6.45, 7) is 2.00. The summed E-state index contributed by atoms with van der Waals surface area (Å²) < 4.78 is 1.81. The fourth-order valence-corrected chi connectivity index (χ4v) is 2.34. The molecule has 0 unspecified atom stereocenters. The van der Waals surface area contributed by atoms with Gasteiger partial charge in [0, 0.05) is 30.0 Å². The number of hydrogen-bond donors (Lipinski definition) is 2. The molecule has 2 heterocycles. The van der Waals surface area contributed by atoms with E-state index >= 15 is 0 Å². The Morgan fingerprint density at radius 1 is 1.27 bits per heavy atom. The molecular formula is C15H14ClN5O. The molecule has 0 aliphatic rings. The number of carbonyl (C=O) groups excluding carboxylic acids is 1. The molecule has 1 aromatic carbocycles. The Hall–Kier alpha value is -2.60. The fourth-order valence-electron chi connectivity index (χ4n) is 2.17. The lowest BCUT2D eigenvalue weighted by molar-refractivity contribution is 0.262. The third-order valence-corrected chi connectivity index (χ3v) is 3.70. The van der Waals surface area contributed by atoms with Crippen molar-refractivity contribution in [3.63, 3.8) is 0 Å². The van der Waals surface area contributed by atoms with E-state index in [9.17, 15) is 4.79 Å². The SMILES string of the molecule is Cc1c2ccc(NC(=O)Nc3cccnc3Cl)cc2nn1C. The van der Waals surface area contributed by atoms with Crippen molar-refractivity contribution >= 4 is 39.9 Å². The van der Waals surface area contributed by atoms with Gasteiger partial charge in [-0.2, -0.15) is 5.10 Å². The number of hydrogen-bond acceptors (Lipinski definition) is 3. The minimum atomic E-state index is -0.387. The molecule has 2 N–H and O–H groups in total. The van der Waals surface area contributed by atoms with Crippen molar-refractivity contribution in [3.8, 4) is 0 Å². The first-order chi connectivity index (χ1) is 10.5.